The molecule has 0 radical (unpaired) electrons. The van der Waals surface area contributed by atoms with Crippen LogP contribution in [0.25, 0.3) is 0 Å². The predicted octanol–water partition coefficient (Wildman–Crippen LogP) is 3.41. The Kier molecular flexibility index (Phi) is 14.2. The summed E-state index contributed by atoms with van der Waals surface area (Å²) in [7, 11) is 1.30. The largest absolute Gasteiger partial charge is 0.451 e. The van der Waals surface area contributed by atoms with Crippen LogP contribution in [0.5, 0.6) is 0 Å². The molecule has 0 aromatic rings. The van der Waals surface area contributed by atoms with Crippen LogP contribution in [0.2, 0.25) is 0 Å². The van der Waals surface area contributed by atoms with Crippen LogP contribution in [0, 0.1) is 5.92 Å². The number of ketones is 1. The van der Waals surface area contributed by atoms with Gasteiger partial charge < -0.3 is 5.32 Å². The van der Waals surface area contributed by atoms with Crippen molar-refractivity contribution in [3.05, 3.63) is 0 Å². The van der Waals surface area contributed by atoms with Crippen molar-refractivity contribution in [1.82, 2.24) is 5.32 Å². The van der Waals surface area contributed by atoms with Crippen molar-refractivity contribution < 1.29 is 18.0 Å². The number of carbonyl (C=O) groups is 1. The number of Topliss-reactive ketones (excluding diaryl/α,β-unsaturated/α-hetero) is 1. The van der Waals surface area contributed by atoms with Crippen molar-refractivity contribution in [2.75, 3.05) is 7.05 Å². The molecule has 1 atom stereocenters. The van der Waals surface area contributed by atoms with Gasteiger partial charge in [0.25, 0.3) is 5.78 Å². The molecule has 0 spiro atoms. The first-order valence-electron chi connectivity index (χ1n) is 5.41. The van der Waals surface area contributed by atoms with Crippen LogP contribution in [-0.2, 0) is 4.79 Å². The third-order valence-corrected chi connectivity index (χ3v) is 1.11. The van der Waals surface area contributed by atoms with Gasteiger partial charge in [0, 0.05) is 0 Å². The van der Waals surface area contributed by atoms with E-state index >= 15 is 0 Å². The lowest BCUT2D eigenvalue weighted by Gasteiger charge is -2.10. The molecule has 16 heavy (non-hydrogen) atoms. The summed E-state index contributed by atoms with van der Waals surface area (Å²) < 4.78 is 34.5. The molecule has 5 heteroatoms. The van der Waals surface area contributed by atoms with Crippen molar-refractivity contribution in [3.63, 3.8) is 0 Å². The molecule has 0 fully saturated rings. The molecule has 0 aromatic heterocycles. The number of hydrogen-bond donors (Lipinski definition) is 1. The highest BCUT2D eigenvalue weighted by atomic mass is 19.4. The highest BCUT2D eigenvalue weighted by Gasteiger charge is 2.40. The Morgan fingerprint density at radius 1 is 1.06 bits per heavy atom. The van der Waals surface area contributed by atoms with E-state index < -0.39 is 18.0 Å². The van der Waals surface area contributed by atoms with E-state index in [1.165, 1.54) is 7.05 Å². The maximum Gasteiger partial charge on any atom is 0.451 e. The Morgan fingerprint density at radius 2 is 1.31 bits per heavy atom. The molecule has 1 unspecified atom stereocenters. The number of rotatable bonds is 2. The summed E-state index contributed by atoms with van der Waals surface area (Å²) in [6.45, 7) is 11.7. The summed E-state index contributed by atoms with van der Waals surface area (Å²) in [5.41, 5.74) is 0. The molecule has 0 aromatic carbocycles. The average Bonchev–Trinajstić information content (AvgIpc) is 2.16. The molecular weight excluding hydrogens is 219 g/mol. The summed E-state index contributed by atoms with van der Waals surface area (Å²) in [5, 5.41) is 2.20. The maximum atomic E-state index is 11.5. The van der Waals surface area contributed by atoms with Gasteiger partial charge >= 0.3 is 6.18 Å². The highest BCUT2D eigenvalue weighted by molar-refractivity contribution is 5.88. The van der Waals surface area contributed by atoms with E-state index in [2.05, 4.69) is 26.1 Å². The van der Waals surface area contributed by atoms with Gasteiger partial charge in [0.05, 0.1) is 6.04 Å². The number of hydrogen-bond acceptors (Lipinski definition) is 2. The Hall–Kier alpha value is -0.580. The average molecular weight is 243 g/mol. The van der Waals surface area contributed by atoms with Crippen LogP contribution in [0.1, 0.15) is 41.5 Å². The zero-order valence-electron chi connectivity index (χ0n) is 11.2. The monoisotopic (exact) mass is 243 g/mol. The van der Waals surface area contributed by atoms with Crippen LogP contribution >= 0.6 is 0 Å². The number of halogens is 3. The SMILES string of the molecule is CC.CC(C)C.CNC(C)C(=O)C(F)(F)F. The lowest BCUT2D eigenvalue weighted by Crippen LogP contribution is -2.40. The lowest BCUT2D eigenvalue weighted by molar-refractivity contribution is -0.172. The smallest absolute Gasteiger partial charge is 0.310 e. The van der Waals surface area contributed by atoms with Gasteiger partial charge in [-0.3, -0.25) is 4.79 Å². The minimum Gasteiger partial charge on any atom is -0.310 e. The molecule has 0 heterocycles. The topological polar surface area (TPSA) is 29.1 Å². The van der Waals surface area contributed by atoms with Crippen LogP contribution in [-0.4, -0.2) is 25.0 Å². The van der Waals surface area contributed by atoms with Crippen molar-refractivity contribution in [3.8, 4) is 0 Å². The standard InChI is InChI=1S/C5H8F3NO.C4H10.C2H6/c1-3(9-2)4(10)5(6,7)8;1-4(2)3;1-2/h3,9H,1-2H3;4H,1-3H3;1-2H3. The van der Waals surface area contributed by atoms with Crippen LogP contribution < -0.4 is 5.32 Å². The van der Waals surface area contributed by atoms with Crippen LogP contribution in [0.3, 0.4) is 0 Å². The van der Waals surface area contributed by atoms with E-state index in [-0.39, 0.29) is 0 Å². The molecule has 100 valence electrons. The summed E-state index contributed by atoms with van der Waals surface area (Å²) in [6.07, 6.45) is -4.72. The molecule has 0 aliphatic rings. The fourth-order valence-corrected chi connectivity index (χ4v) is 0.377. The van der Waals surface area contributed by atoms with Gasteiger partial charge in [0.1, 0.15) is 0 Å². The normalized spacial score (nSPS) is 11.9. The Labute approximate surface area is 96.6 Å². The molecule has 0 aliphatic carbocycles. The minimum absolute atomic E-state index is 0.833. The van der Waals surface area contributed by atoms with Crippen molar-refractivity contribution in [2.24, 2.45) is 5.92 Å². The van der Waals surface area contributed by atoms with E-state index in [1.54, 1.807) is 0 Å². The van der Waals surface area contributed by atoms with E-state index in [0.717, 1.165) is 12.8 Å². The van der Waals surface area contributed by atoms with Crippen LogP contribution in [0.4, 0.5) is 13.2 Å². The lowest BCUT2D eigenvalue weighted by atomic mass is 10.2. The third kappa shape index (κ3) is 15.9. The number of alkyl halides is 3. The number of carbonyl (C=O) groups excluding carboxylic acids is 1. The summed E-state index contributed by atoms with van der Waals surface area (Å²) in [6, 6.07) is -1.15. The zero-order valence-corrected chi connectivity index (χ0v) is 11.2. The molecule has 0 saturated heterocycles. The Balaban J connectivity index is -0.000000237. The molecule has 0 rings (SSSR count). The van der Waals surface area contributed by atoms with Gasteiger partial charge in [-0.05, 0) is 19.9 Å². The first-order valence-corrected chi connectivity index (χ1v) is 5.41. The van der Waals surface area contributed by atoms with Crippen molar-refractivity contribution >= 4 is 5.78 Å². The van der Waals surface area contributed by atoms with E-state index in [4.69, 9.17) is 0 Å². The first kappa shape index (κ1) is 20.8. The molecule has 0 saturated carbocycles. The quantitative estimate of drug-likeness (QED) is 0.805. The van der Waals surface area contributed by atoms with E-state index in [9.17, 15) is 18.0 Å². The predicted molar refractivity (Wildman–Crippen MR) is 61.4 cm³/mol. The van der Waals surface area contributed by atoms with Gasteiger partial charge in [-0.15, -0.1) is 0 Å². The number of likely N-dealkylation sites (N-methyl/N-ethyl adjacent to an activating group) is 1. The van der Waals surface area contributed by atoms with Gasteiger partial charge in [0.15, 0.2) is 0 Å². The molecule has 2 nitrogen and oxygen atoms in total. The number of nitrogens with one attached hydrogen (secondary N) is 1. The van der Waals surface area contributed by atoms with Gasteiger partial charge in [-0.1, -0.05) is 34.6 Å². The molecule has 0 bridgehead atoms. The van der Waals surface area contributed by atoms with Crippen molar-refractivity contribution in [1.29, 1.82) is 0 Å². The van der Waals surface area contributed by atoms with Gasteiger partial charge in [-0.25, -0.2) is 0 Å². The highest BCUT2D eigenvalue weighted by Crippen LogP contribution is 2.17. The Morgan fingerprint density at radius 3 is 1.38 bits per heavy atom. The third-order valence-electron chi connectivity index (χ3n) is 1.11. The van der Waals surface area contributed by atoms with Gasteiger partial charge in [-0.2, -0.15) is 13.2 Å². The Bertz CT molecular complexity index is 164. The van der Waals surface area contributed by atoms with Crippen molar-refractivity contribution in [2.45, 2.75) is 53.8 Å². The fraction of sp³-hybridized carbons (Fsp3) is 0.909. The van der Waals surface area contributed by atoms with E-state index in [0.29, 0.717) is 0 Å². The second-order valence-electron chi connectivity index (χ2n) is 3.60. The second-order valence-corrected chi connectivity index (χ2v) is 3.60. The second kappa shape index (κ2) is 10.9. The van der Waals surface area contributed by atoms with Gasteiger partial charge in [0.2, 0.25) is 0 Å². The maximum absolute atomic E-state index is 11.5. The zero-order chi connectivity index (χ0) is 13.9. The van der Waals surface area contributed by atoms with E-state index in [1.807, 2.05) is 13.8 Å². The first-order chi connectivity index (χ1) is 7.12. The summed E-state index contributed by atoms with van der Waals surface area (Å²) >= 11 is 0. The summed E-state index contributed by atoms with van der Waals surface area (Å²) in [4.78, 5) is 10.2. The molecule has 1 N–H and O–H groups in total. The fourth-order valence-electron chi connectivity index (χ4n) is 0.377. The molecule has 0 aliphatic heterocycles. The van der Waals surface area contributed by atoms with Crippen LogP contribution in [0.15, 0.2) is 0 Å². The summed E-state index contributed by atoms with van der Waals surface area (Å²) in [5.74, 6) is -0.907. The minimum atomic E-state index is -4.72. The molecular formula is C11H24F3NO. The molecule has 0 amide bonds.